The van der Waals surface area contributed by atoms with Gasteiger partial charge in [0.25, 0.3) is 10.0 Å². The molecule has 0 bridgehead atoms. The molecule has 0 aliphatic carbocycles. The highest BCUT2D eigenvalue weighted by atomic mass is 32.2. The van der Waals surface area contributed by atoms with Crippen molar-refractivity contribution in [3.8, 4) is 5.69 Å². The third-order valence-corrected chi connectivity index (χ3v) is 7.40. The summed E-state index contributed by atoms with van der Waals surface area (Å²) in [7, 11) is -1.96. The number of sulfonamides is 1. The van der Waals surface area contributed by atoms with Gasteiger partial charge in [0.1, 0.15) is 11.6 Å². The first-order valence-corrected chi connectivity index (χ1v) is 11.4. The highest BCUT2D eigenvalue weighted by molar-refractivity contribution is 7.89. The number of benzene rings is 1. The molecule has 1 N–H and O–H groups in total. The number of carbonyl (C=O) groups excluding carboxylic acids is 1. The molecule has 1 aliphatic rings. The summed E-state index contributed by atoms with van der Waals surface area (Å²) < 4.78 is 44.7. The predicted octanol–water partition coefficient (Wildman–Crippen LogP) is 2.70. The van der Waals surface area contributed by atoms with E-state index in [-0.39, 0.29) is 29.7 Å². The van der Waals surface area contributed by atoms with E-state index in [1.807, 2.05) is 29.1 Å². The number of anilines is 1. The molecule has 1 aliphatic heterocycles. The fraction of sp³-hybridized carbons (Fsp3) is 0.333. The Bertz CT molecular complexity index is 1180. The van der Waals surface area contributed by atoms with Gasteiger partial charge in [0.2, 0.25) is 5.91 Å². The highest BCUT2D eigenvalue weighted by Crippen LogP contribution is 2.26. The predicted molar refractivity (Wildman–Crippen MR) is 114 cm³/mol. The molecule has 1 aromatic carbocycles. The smallest absolute Gasteiger partial charge is 0.262 e. The first-order valence-electron chi connectivity index (χ1n) is 9.99. The van der Waals surface area contributed by atoms with Crippen LogP contribution < -0.4 is 5.32 Å². The average molecular weight is 446 g/mol. The van der Waals surface area contributed by atoms with E-state index >= 15 is 0 Å². The SMILES string of the molecule is Cc1nc(S(=O)(=O)N2CCC(C(=O)Nc3cc(-n4cccc4)ccc3F)CC2)cn1C. The molecule has 10 heteroatoms. The molecular weight excluding hydrogens is 421 g/mol. The molecule has 4 rings (SSSR count). The first kappa shape index (κ1) is 21.3. The lowest BCUT2D eigenvalue weighted by atomic mass is 9.97. The Hall–Kier alpha value is -2.98. The summed E-state index contributed by atoms with van der Waals surface area (Å²) in [6.07, 6.45) is 5.87. The number of carbonyl (C=O) groups is 1. The van der Waals surface area contributed by atoms with Gasteiger partial charge >= 0.3 is 0 Å². The van der Waals surface area contributed by atoms with E-state index < -0.39 is 21.8 Å². The van der Waals surface area contributed by atoms with Crippen molar-refractivity contribution >= 4 is 21.6 Å². The van der Waals surface area contributed by atoms with Crippen molar-refractivity contribution in [1.29, 1.82) is 0 Å². The maximum absolute atomic E-state index is 14.3. The lowest BCUT2D eigenvalue weighted by Crippen LogP contribution is -2.41. The minimum absolute atomic E-state index is 0.0132. The van der Waals surface area contributed by atoms with Crippen molar-refractivity contribution in [1.82, 2.24) is 18.4 Å². The molecule has 0 unspecified atom stereocenters. The van der Waals surface area contributed by atoms with Crippen molar-refractivity contribution in [2.45, 2.75) is 24.8 Å². The Labute approximate surface area is 180 Å². The Balaban J connectivity index is 1.41. The van der Waals surface area contributed by atoms with Crippen molar-refractivity contribution in [2.75, 3.05) is 18.4 Å². The molecular formula is C21H24FN5O3S. The van der Waals surface area contributed by atoms with Crippen LogP contribution in [0.15, 0.2) is 53.9 Å². The van der Waals surface area contributed by atoms with Crippen LogP contribution >= 0.6 is 0 Å². The lowest BCUT2D eigenvalue weighted by Gasteiger charge is -2.30. The number of nitrogens with zero attached hydrogens (tertiary/aromatic N) is 4. The zero-order valence-electron chi connectivity index (χ0n) is 17.3. The largest absolute Gasteiger partial charge is 0.337 e. The van der Waals surface area contributed by atoms with Gasteiger partial charge in [-0.15, -0.1) is 0 Å². The Kier molecular flexibility index (Phi) is 5.67. The van der Waals surface area contributed by atoms with Gasteiger partial charge in [-0.1, -0.05) is 0 Å². The van der Waals surface area contributed by atoms with Gasteiger partial charge in [0, 0.05) is 50.3 Å². The van der Waals surface area contributed by atoms with Crippen LogP contribution in [0.1, 0.15) is 18.7 Å². The number of amides is 1. The Morgan fingerprint density at radius 1 is 1.19 bits per heavy atom. The summed E-state index contributed by atoms with van der Waals surface area (Å²) in [6.45, 7) is 2.16. The molecule has 0 radical (unpaired) electrons. The molecule has 31 heavy (non-hydrogen) atoms. The van der Waals surface area contributed by atoms with Crippen LogP contribution in [0.3, 0.4) is 0 Å². The lowest BCUT2D eigenvalue weighted by molar-refractivity contribution is -0.120. The minimum Gasteiger partial charge on any atom is -0.337 e. The molecule has 3 heterocycles. The van der Waals surface area contributed by atoms with Crippen molar-refractivity contribution < 1.29 is 17.6 Å². The third-order valence-electron chi connectivity index (χ3n) is 5.63. The molecule has 1 fully saturated rings. The van der Waals surface area contributed by atoms with Gasteiger partial charge in [-0.2, -0.15) is 4.31 Å². The minimum atomic E-state index is -3.70. The summed E-state index contributed by atoms with van der Waals surface area (Å²) >= 11 is 0. The second kappa shape index (κ2) is 8.27. The number of aromatic nitrogens is 3. The molecule has 164 valence electrons. The molecule has 2 aromatic heterocycles. The molecule has 0 spiro atoms. The van der Waals surface area contributed by atoms with E-state index in [0.717, 1.165) is 5.69 Å². The number of aryl methyl sites for hydroxylation is 2. The number of nitrogens with one attached hydrogen (secondary N) is 1. The van der Waals surface area contributed by atoms with Crippen LogP contribution in [0.4, 0.5) is 10.1 Å². The quantitative estimate of drug-likeness (QED) is 0.654. The zero-order chi connectivity index (χ0) is 22.2. The third kappa shape index (κ3) is 4.26. The first-order chi connectivity index (χ1) is 14.8. The van der Waals surface area contributed by atoms with Crippen LogP contribution in [-0.2, 0) is 21.9 Å². The summed E-state index contributed by atoms with van der Waals surface area (Å²) in [5.41, 5.74) is 0.837. The van der Waals surface area contributed by atoms with Gasteiger partial charge in [0.05, 0.1) is 5.69 Å². The number of hydrogen-bond acceptors (Lipinski definition) is 4. The van der Waals surface area contributed by atoms with Crippen LogP contribution in [0.25, 0.3) is 5.69 Å². The van der Waals surface area contributed by atoms with Gasteiger partial charge in [-0.05, 0) is 50.1 Å². The zero-order valence-corrected chi connectivity index (χ0v) is 18.1. The van der Waals surface area contributed by atoms with E-state index in [0.29, 0.717) is 18.7 Å². The summed E-state index contributed by atoms with van der Waals surface area (Å²) in [4.78, 5) is 16.8. The molecule has 0 atom stereocenters. The van der Waals surface area contributed by atoms with Crippen LogP contribution in [-0.4, -0.2) is 45.8 Å². The maximum Gasteiger partial charge on any atom is 0.262 e. The van der Waals surface area contributed by atoms with Gasteiger partial charge in [0.15, 0.2) is 5.03 Å². The monoisotopic (exact) mass is 445 g/mol. The van der Waals surface area contributed by atoms with E-state index in [2.05, 4.69) is 10.3 Å². The van der Waals surface area contributed by atoms with Gasteiger partial charge < -0.3 is 14.5 Å². The molecule has 8 nitrogen and oxygen atoms in total. The second-order valence-electron chi connectivity index (χ2n) is 7.66. The number of imidazole rings is 1. The van der Waals surface area contributed by atoms with Crippen molar-refractivity contribution in [3.05, 3.63) is 60.6 Å². The van der Waals surface area contributed by atoms with E-state index in [4.69, 9.17) is 0 Å². The standard InChI is InChI=1S/C21H24FN5O3S/c1-15-23-20(14-25(15)2)31(29,30)27-11-7-16(8-12-27)21(28)24-19-13-17(5-6-18(19)22)26-9-3-4-10-26/h3-6,9-10,13-14,16H,7-8,11-12H2,1-2H3,(H,24,28). The van der Waals surface area contributed by atoms with Crippen LogP contribution in [0, 0.1) is 18.7 Å². The summed E-state index contributed by atoms with van der Waals surface area (Å²) in [5.74, 6) is -0.618. The topological polar surface area (TPSA) is 89.2 Å². The normalized spacial score (nSPS) is 15.8. The summed E-state index contributed by atoms with van der Waals surface area (Å²) in [6, 6.07) is 8.24. The van der Waals surface area contributed by atoms with Crippen molar-refractivity contribution in [2.24, 2.45) is 13.0 Å². The fourth-order valence-corrected chi connectivity index (χ4v) is 5.15. The average Bonchev–Trinajstić information content (AvgIpc) is 3.40. The number of piperidine rings is 1. The summed E-state index contributed by atoms with van der Waals surface area (Å²) in [5, 5.41) is 2.68. The van der Waals surface area contributed by atoms with E-state index in [9.17, 15) is 17.6 Å². The number of hydrogen-bond donors (Lipinski definition) is 1. The second-order valence-corrected chi connectivity index (χ2v) is 9.54. The van der Waals surface area contributed by atoms with Gasteiger partial charge in [-0.3, -0.25) is 4.79 Å². The molecule has 1 saturated heterocycles. The Morgan fingerprint density at radius 3 is 2.48 bits per heavy atom. The number of halogens is 1. The highest BCUT2D eigenvalue weighted by Gasteiger charge is 2.33. The van der Waals surface area contributed by atoms with Crippen molar-refractivity contribution in [3.63, 3.8) is 0 Å². The van der Waals surface area contributed by atoms with Crippen LogP contribution in [0.2, 0.25) is 0 Å². The molecule has 1 amide bonds. The van der Waals surface area contributed by atoms with Gasteiger partial charge in [-0.25, -0.2) is 17.8 Å². The maximum atomic E-state index is 14.3. The molecule has 3 aromatic rings. The fourth-order valence-electron chi connectivity index (χ4n) is 3.65. The van der Waals surface area contributed by atoms with E-state index in [1.165, 1.54) is 16.6 Å². The number of rotatable bonds is 5. The Morgan fingerprint density at radius 2 is 1.87 bits per heavy atom. The molecule has 0 saturated carbocycles. The van der Waals surface area contributed by atoms with Crippen LogP contribution in [0.5, 0.6) is 0 Å². The van der Waals surface area contributed by atoms with E-state index in [1.54, 1.807) is 30.7 Å².